The Labute approximate surface area is 114 Å². The molecule has 98 valence electrons. The lowest BCUT2D eigenvalue weighted by atomic mass is 9.89. The molecule has 2 aliphatic rings. The van der Waals surface area contributed by atoms with Gasteiger partial charge in [-0.2, -0.15) is 0 Å². The van der Waals surface area contributed by atoms with Crippen LogP contribution >= 0.6 is 11.8 Å². The van der Waals surface area contributed by atoms with E-state index in [9.17, 15) is 0 Å². The van der Waals surface area contributed by atoms with Gasteiger partial charge in [0.2, 0.25) is 0 Å². The van der Waals surface area contributed by atoms with E-state index in [1.165, 1.54) is 49.8 Å². The van der Waals surface area contributed by atoms with Gasteiger partial charge in [0, 0.05) is 23.7 Å². The summed E-state index contributed by atoms with van der Waals surface area (Å²) in [7, 11) is 0. The molecular weight excluding hydrogens is 240 g/mol. The number of rotatable bonds is 4. The first-order chi connectivity index (χ1) is 8.92. The maximum Gasteiger partial charge on any atom is 0.0108 e. The summed E-state index contributed by atoms with van der Waals surface area (Å²) in [5, 5.41) is 3.53. The molecule has 2 aliphatic heterocycles. The van der Waals surface area contributed by atoms with Crippen LogP contribution in [0.2, 0.25) is 0 Å². The lowest BCUT2D eigenvalue weighted by Gasteiger charge is -2.34. The van der Waals surface area contributed by atoms with Crippen molar-refractivity contribution in [2.45, 2.75) is 11.3 Å². The number of nitrogens with one attached hydrogen (secondary N) is 1. The number of thioether (sulfide) groups is 1. The maximum atomic E-state index is 3.53. The van der Waals surface area contributed by atoms with Gasteiger partial charge >= 0.3 is 0 Å². The first-order valence-corrected chi connectivity index (χ1v) is 8.01. The van der Waals surface area contributed by atoms with Crippen LogP contribution in [0.5, 0.6) is 0 Å². The fourth-order valence-electron chi connectivity index (χ4n) is 3.12. The highest BCUT2D eigenvalue weighted by Gasteiger charge is 2.32. The minimum Gasteiger partial charge on any atom is -0.316 e. The molecule has 0 saturated carbocycles. The van der Waals surface area contributed by atoms with Gasteiger partial charge < -0.3 is 10.2 Å². The van der Waals surface area contributed by atoms with E-state index in [1.807, 2.05) is 11.8 Å². The molecule has 2 atom stereocenters. The lowest BCUT2D eigenvalue weighted by molar-refractivity contribution is 0.157. The first-order valence-electron chi connectivity index (χ1n) is 7.03. The van der Waals surface area contributed by atoms with Crippen LogP contribution in [0.25, 0.3) is 0 Å². The Morgan fingerprint density at radius 3 is 2.89 bits per heavy atom. The van der Waals surface area contributed by atoms with E-state index < -0.39 is 0 Å². The van der Waals surface area contributed by atoms with Crippen LogP contribution < -0.4 is 5.32 Å². The van der Waals surface area contributed by atoms with E-state index in [0.717, 1.165) is 11.8 Å². The molecule has 2 nitrogen and oxygen atoms in total. The van der Waals surface area contributed by atoms with Gasteiger partial charge in [0.1, 0.15) is 0 Å². The molecule has 0 aromatic heterocycles. The van der Waals surface area contributed by atoms with Crippen molar-refractivity contribution in [2.75, 3.05) is 38.5 Å². The number of likely N-dealkylation sites (tertiary alicyclic amines) is 1. The first kappa shape index (κ1) is 12.5. The molecule has 18 heavy (non-hydrogen) atoms. The summed E-state index contributed by atoms with van der Waals surface area (Å²) >= 11 is 1.98. The summed E-state index contributed by atoms with van der Waals surface area (Å²) in [6.07, 6.45) is 1.40. The fourth-order valence-corrected chi connectivity index (χ4v) is 4.06. The molecule has 0 spiro atoms. The second kappa shape index (κ2) is 6.09. The third-order valence-corrected chi connectivity index (χ3v) is 5.20. The van der Waals surface area contributed by atoms with Gasteiger partial charge in [-0.1, -0.05) is 18.2 Å². The van der Waals surface area contributed by atoms with Crippen molar-refractivity contribution in [3.05, 3.63) is 30.3 Å². The highest BCUT2D eigenvalue weighted by molar-refractivity contribution is 7.99. The minimum atomic E-state index is 0.917. The lowest BCUT2D eigenvalue weighted by Crippen LogP contribution is -2.40. The normalized spacial score (nSPS) is 28.2. The molecule has 1 N–H and O–H groups in total. The molecule has 2 saturated heterocycles. The van der Waals surface area contributed by atoms with Crippen LogP contribution in [0.1, 0.15) is 6.42 Å². The third kappa shape index (κ3) is 3.08. The second-order valence-electron chi connectivity index (χ2n) is 5.43. The highest BCUT2D eigenvalue weighted by atomic mass is 32.2. The summed E-state index contributed by atoms with van der Waals surface area (Å²) in [4.78, 5) is 4.05. The highest BCUT2D eigenvalue weighted by Crippen LogP contribution is 2.27. The van der Waals surface area contributed by atoms with Gasteiger partial charge in [0.05, 0.1) is 0 Å². The van der Waals surface area contributed by atoms with Crippen molar-refractivity contribution < 1.29 is 0 Å². The summed E-state index contributed by atoms with van der Waals surface area (Å²) in [6.45, 7) is 6.36. The Morgan fingerprint density at radius 2 is 2.00 bits per heavy atom. The summed E-state index contributed by atoms with van der Waals surface area (Å²) < 4.78 is 0. The number of benzene rings is 1. The van der Waals surface area contributed by atoms with E-state index in [2.05, 4.69) is 40.5 Å². The van der Waals surface area contributed by atoms with Crippen molar-refractivity contribution in [1.82, 2.24) is 10.2 Å². The quantitative estimate of drug-likeness (QED) is 0.838. The molecular formula is C15H22N2S. The van der Waals surface area contributed by atoms with Crippen molar-refractivity contribution >= 4 is 11.8 Å². The van der Waals surface area contributed by atoms with Gasteiger partial charge in [-0.15, -0.1) is 11.8 Å². The van der Waals surface area contributed by atoms with E-state index in [-0.39, 0.29) is 0 Å². The van der Waals surface area contributed by atoms with Gasteiger partial charge in [-0.25, -0.2) is 0 Å². The number of hydrogen-bond acceptors (Lipinski definition) is 3. The van der Waals surface area contributed by atoms with Crippen molar-refractivity contribution in [1.29, 1.82) is 0 Å². The molecule has 0 bridgehead atoms. The smallest absolute Gasteiger partial charge is 0.0108 e. The van der Waals surface area contributed by atoms with Crippen LogP contribution in [0.15, 0.2) is 35.2 Å². The van der Waals surface area contributed by atoms with E-state index in [4.69, 9.17) is 0 Å². The Hall–Kier alpha value is -0.510. The minimum absolute atomic E-state index is 0.917. The SMILES string of the molecule is c1ccc(SCCN2CCC3CNCC3C2)cc1. The molecule has 1 aromatic rings. The Morgan fingerprint density at radius 1 is 1.17 bits per heavy atom. The van der Waals surface area contributed by atoms with Gasteiger partial charge in [-0.3, -0.25) is 0 Å². The largest absolute Gasteiger partial charge is 0.316 e. The second-order valence-corrected chi connectivity index (χ2v) is 6.60. The predicted molar refractivity (Wildman–Crippen MR) is 78.1 cm³/mol. The molecule has 0 amide bonds. The molecule has 1 aromatic carbocycles. The number of nitrogens with zero attached hydrogens (tertiary/aromatic N) is 1. The Bertz CT molecular complexity index is 368. The Balaban J connectivity index is 1.41. The molecule has 3 rings (SSSR count). The van der Waals surface area contributed by atoms with Crippen molar-refractivity contribution in [3.8, 4) is 0 Å². The average Bonchev–Trinajstić information content (AvgIpc) is 2.87. The fraction of sp³-hybridized carbons (Fsp3) is 0.600. The van der Waals surface area contributed by atoms with E-state index in [0.29, 0.717) is 0 Å². The van der Waals surface area contributed by atoms with Crippen LogP contribution in [-0.4, -0.2) is 43.4 Å². The van der Waals surface area contributed by atoms with Crippen LogP contribution in [0.4, 0.5) is 0 Å². The zero-order valence-corrected chi connectivity index (χ0v) is 11.7. The zero-order chi connectivity index (χ0) is 12.2. The van der Waals surface area contributed by atoms with Crippen molar-refractivity contribution in [3.63, 3.8) is 0 Å². The van der Waals surface area contributed by atoms with Crippen LogP contribution in [0, 0.1) is 11.8 Å². The van der Waals surface area contributed by atoms with Gasteiger partial charge in [0.25, 0.3) is 0 Å². The van der Waals surface area contributed by atoms with Gasteiger partial charge in [-0.05, 0) is 50.0 Å². The third-order valence-electron chi connectivity index (χ3n) is 4.21. The molecule has 2 fully saturated rings. The van der Waals surface area contributed by atoms with Crippen LogP contribution in [-0.2, 0) is 0 Å². The van der Waals surface area contributed by atoms with E-state index in [1.54, 1.807) is 0 Å². The number of fused-ring (bicyclic) bond motifs is 1. The Kier molecular flexibility index (Phi) is 4.24. The summed E-state index contributed by atoms with van der Waals surface area (Å²) in [5.74, 6) is 3.10. The zero-order valence-electron chi connectivity index (χ0n) is 10.8. The summed E-state index contributed by atoms with van der Waals surface area (Å²) in [6, 6.07) is 10.7. The standard InChI is InChI=1S/C15H22N2S/c1-2-4-15(5-3-1)18-9-8-17-7-6-13-10-16-11-14(13)12-17/h1-5,13-14,16H,6-12H2. The van der Waals surface area contributed by atoms with Crippen molar-refractivity contribution in [2.24, 2.45) is 11.8 Å². The number of piperidine rings is 1. The number of hydrogen-bond donors (Lipinski definition) is 1. The molecule has 3 heteroatoms. The monoisotopic (exact) mass is 262 g/mol. The van der Waals surface area contributed by atoms with Gasteiger partial charge in [0.15, 0.2) is 0 Å². The van der Waals surface area contributed by atoms with E-state index >= 15 is 0 Å². The average molecular weight is 262 g/mol. The van der Waals surface area contributed by atoms with Crippen LogP contribution in [0.3, 0.4) is 0 Å². The topological polar surface area (TPSA) is 15.3 Å². The molecule has 0 radical (unpaired) electrons. The maximum absolute atomic E-state index is 3.53. The summed E-state index contributed by atoms with van der Waals surface area (Å²) in [5.41, 5.74) is 0. The molecule has 0 aliphatic carbocycles. The predicted octanol–water partition coefficient (Wildman–Crippen LogP) is 2.32. The molecule has 2 unspecified atom stereocenters. The molecule has 2 heterocycles.